The van der Waals surface area contributed by atoms with Crippen LogP contribution in [0.5, 0.6) is 0 Å². The van der Waals surface area contributed by atoms with E-state index in [9.17, 15) is 29.3 Å². The summed E-state index contributed by atoms with van der Waals surface area (Å²) in [5.41, 5.74) is 0.157. The van der Waals surface area contributed by atoms with Crippen molar-refractivity contribution in [2.75, 3.05) is 6.54 Å². The number of rotatable bonds is 6. The molecule has 166 valence electrons. The van der Waals surface area contributed by atoms with Gasteiger partial charge in [-0.25, -0.2) is 5.01 Å². The van der Waals surface area contributed by atoms with E-state index in [0.717, 1.165) is 28.6 Å². The first kappa shape index (κ1) is 20.7. The molecule has 2 fully saturated rings. The molecule has 1 heterocycles. The number of nitrogens with zero attached hydrogens (tertiary/aromatic N) is 3. The Morgan fingerprint density at radius 3 is 2.03 bits per heavy atom. The maximum Gasteiger partial charge on any atom is 0.273 e. The zero-order valence-electron chi connectivity index (χ0n) is 17.4. The van der Waals surface area contributed by atoms with Gasteiger partial charge >= 0.3 is 0 Å². The predicted molar refractivity (Wildman–Crippen MR) is 114 cm³/mol. The van der Waals surface area contributed by atoms with Gasteiger partial charge in [-0.3, -0.25) is 29.3 Å². The highest BCUT2D eigenvalue weighted by molar-refractivity contribution is 6.10. The highest BCUT2D eigenvalue weighted by Gasteiger charge is 2.61. The van der Waals surface area contributed by atoms with Gasteiger partial charge in [-0.05, 0) is 30.4 Å². The van der Waals surface area contributed by atoms with Gasteiger partial charge in [0.25, 0.3) is 23.4 Å². The molecule has 33 heavy (non-hydrogen) atoms. The van der Waals surface area contributed by atoms with Crippen molar-refractivity contribution in [3.63, 3.8) is 0 Å². The summed E-state index contributed by atoms with van der Waals surface area (Å²) in [6, 6.07) is 13.1. The number of allylic oxidation sites excluding steroid dienone is 2. The average Bonchev–Trinajstić information content (AvgIpc) is 3.51. The normalized spacial score (nSPS) is 24.8. The van der Waals surface area contributed by atoms with Crippen LogP contribution in [-0.4, -0.2) is 45.0 Å². The molecule has 4 atom stereocenters. The summed E-state index contributed by atoms with van der Waals surface area (Å²) in [5, 5.41) is 12.7. The van der Waals surface area contributed by atoms with Crippen LogP contribution in [0.3, 0.4) is 0 Å². The first-order valence-electron chi connectivity index (χ1n) is 10.6. The fourth-order valence-corrected chi connectivity index (χ4v) is 5.08. The number of benzene rings is 2. The number of carbonyl (C=O) groups excluding carboxylic acids is 4. The van der Waals surface area contributed by atoms with Crippen LogP contribution in [0.1, 0.15) is 27.1 Å². The van der Waals surface area contributed by atoms with Crippen LogP contribution in [0, 0.1) is 33.8 Å². The van der Waals surface area contributed by atoms with Crippen LogP contribution in [0.25, 0.3) is 0 Å². The summed E-state index contributed by atoms with van der Waals surface area (Å²) in [4.78, 5) is 63.3. The molecule has 3 amide bonds. The number of carbonyl (C=O) groups is 4. The van der Waals surface area contributed by atoms with Crippen LogP contribution >= 0.6 is 0 Å². The average molecular weight is 445 g/mol. The van der Waals surface area contributed by atoms with Crippen LogP contribution in [-0.2, 0) is 9.59 Å². The summed E-state index contributed by atoms with van der Waals surface area (Å²) in [6.45, 7) is -0.514. The second kappa shape index (κ2) is 7.77. The molecule has 0 spiro atoms. The molecule has 1 saturated carbocycles. The zero-order chi connectivity index (χ0) is 23.3. The largest absolute Gasteiger partial charge is 0.292 e. The Bertz CT molecular complexity index is 1180. The second-order valence-corrected chi connectivity index (χ2v) is 8.44. The Hall–Kier alpha value is -4.14. The van der Waals surface area contributed by atoms with Crippen molar-refractivity contribution in [1.82, 2.24) is 10.0 Å². The Balaban J connectivity index is 1.49. The molecule has 2 aliphatic carbocycles. The van der Waals surface area contributed by atoms with E-state index < -0.39 is 46.8 Å². The number of nitro groups is 1. The van der Waals surface area contributed by atoms with Gasteiger partial charge in [-0.1, -0.05) is 42.5 Å². The highest BCUT2D eigenvalue weighted by atomic mass is 16.6. The lowest BCUT2D eigenvalue weighted by Crippen LogP contribution is -2.52. The number of nitro benzene ring substituents is 1. The molecule has 2 aromatic carbocycles. The number of imide groups is 1. The first-order chi connectivity index (χ1) is 15.9. The Morgan fingerprint density at radius 2 is 1.48 bits per heavy atom. The smallest absolute Gasteiger partial charge is 0.273 e. The molecule has 3 aliphatic rings. The zero-order valence-corrected chi connectivity index (χ0v) is 17.4. The van der Waals surface area contributed by atoms with E-state index in [0.29, 0.717) is 5.56 Å². The number of Topliss-reactive ketones (excluding diaryl/α,β-unsaturated/α-hetero) is 1. The molecular weight excluding hydrogens is 426 g/mol. The van der Waals surface area contributed by atoms with Crippen LogP contribution in [0.2, 0.25) is 0 Å². The summed E-state index contributed by atoms with van der Waals surface area (Å²) in [6.07, 6.45) is 4.62. The number of fused-ring (bicyclic) bond motifs is 5. The predicted octanol–water partition coefficient (Wildman–Crippen LogP) is 2.64. The van der Waals surface area contributed by atoms with E-state index >= 15 is 0 Å². The maximum absolute atomic E-state index is 13.4. The van der Waals surface area contributed by atoms with Gasteiger partial charge in [-0.15, -0.1) is 0 Å². The Morgan fingerprint density at radius 1 is 0.909 bits per heavy atom. The fraction of sp³-hybridized carbons (Fsp3) is 0.250. The summed E-state index contributed by atoms with van der Waals surface area (Å²) < 4.78 is 0. The monoisotopic (exact) mass is 445 g/mol. The molecule has 2 bridgehead atoms. The fourth-order valence-electron chi connectivity index (χ4n) is 5.08. The third kappa shape index (κ3) is 3.32. The molecule has 1 aliphatic heterocycles. The summed E-state index contributed by atoms with van der Waals surface area (Å²) >= 11 is 0. The van der Waals surface area contributed by atoms with Crippen molar-refractivity contribution < 1.29 is 24.1 Å². The van der Waals surface area contributed by atoms with Gasteiger partial charge in [0.05, 0.1) is 16.8 Å². The lowest BCUT2D eigenvalue weighted by Gasteiger charge is -2.30. The van der Waals surface area contributed by atoms with Crippen LogP contribution in [0.15, 0.2) is 66.7 Å². The van der Waals surface area contributed by atoms with Crippen molar-refractivity contribution in [1.29, 1.82) is 0 Å². The highest BCUT2D eigenvalue weighted by Crippen LogP contribution is 2.52. The third-order valence-corrected chi connectivity index (χ3v) is 6.64. The first-order valence-corrected chi connectivity index (χ1v) is 10.6. The molecule has 0 N–H and O–H groups in total. The minimum atomic E-state index is -0.754. The Labute approximate surface area is 188 Å². The van der Waals surface area contributed by atoms with E-state index in [1.165, 1.54) is 12.1 Å². The SMILES string of the molecule is O=C(CN(C(=O)c1ccc([N+](=O)[O-])cc1)N1C(=O)[C@@H]2[C@H](C1=O)[C@@H]1C=C[C@H]2C1)c1ccccc1. The Kier molecular flexibility index (Phi) is 4.88. The van der Waals surface area contributed by atoms with E-state index in [-0.39, 0.29) is 23.1 Å². The number of amides is 3. The van der Waals surface area contributed by atoms with Crippen LogP contribution in [0.4, 0.5) is 5.69 Å². The van der Waals surface area contributed by atoms with E-state index in [1.807, 2.05) is 12.2 Å². The standard InChI is InChI=1S/C24H19N3O6/c28-19(14-4-2-1-3-5-14)13-25(22(29)15-8-10-18(11-9-15)27(32)33)26-23(30)20-16-6-7-17(12-16)21(20)24(26)31/h1-11,16-17,20-21H,12-13H2/t16-,17+,20-,21+. The quantitative estimate of drug-likeness (QED) is 0.222. The van der Waals surface area contributed by atoms with Crippen LogP contribution < -0.4 is 0 Å². The molecule has 0 aromatic heterocycles. The van der Waals surface area contributed by atoms with Gasteiger partial charge in [0.15, 0.2) is 5.78 Å². The van der Waals surface area contributed by atoms with Crippen molar-refractivity contribution in [2.45, 2.75) is 6.42 Å². The van der Waals surface area contributed by atoms with Crippen molar-refractivity contribution in [3.05, 3.63) is 88.0 Å². The maximum atomic E-state index is 13.4. The minimum Gasteiger partial charge on any atom is -0.292 e. The summed E-state index contributed by atoms with van der Waals surface area (Å²) in [7, 11) is 0. The van der Waals surface area contributed by atoms with Gasteiger partial charge < -0.3 is 0 Å². The molecule has 9 heteroatoms. The topological polar surface area (TPSA) is 118 Å². The lowest BCUT2D eigenvalue weighted by molar-refractivity contribution is -0.384. The number of non-ortho nitro benzene ring substituents is 1. The number of hydrazine groups is 1. The number of hydrogen-bond acceptors (Lipinski definition) is 6. The molecule has 0 radical (unpaired) electrons. The number of ketones is 1. The molecular formula is C24H19N3O6. The van der Waals surface area contributed by atoms with Gasteiger partial charge in [0.1, 0.15) is 6.54 Å². The number of hydrogen-bond donors (Lipinski definition) is 0. The third-order valence-electron chi connectivity index (χ3n) is 6.64. The summed E-state index contributed by atoms with van der Waals surface area (Å²) in [5.74, 6) is -3.35. The van der Waals surface area contributed by atoms with E-state index in [1.54, 1.807) is 30.3 Å². The minimum absolute atomic E-state index is 0.0280. The van der Waals surface area contributed by atoms with E-state index in [4.69, 9.17) is 0 Å². The van der Waals surface area contributed by atoms with Gasteiger partial charge in [0.2, 0.25) is 0 Å². The molecule has 5 rings (SSSR count). The van der Waals surface area contributed by atoms with Gasteiger partial charge in [-0.2, -0.15) is 5.01 Å². The second-order valence-electron chi connectivity index (χ2n) is 8.44. The van der Waals surface area contributed by atoms with Crippen molar-refractivity contribution in [2.24, 2.45) is 23.7 Å². The molecule has 0 unspecified atom stereocenters. The molecule has 2 aromatic rings. The van der Waals surface area contributed by atoms with Gasteiger partial charge in [0, 0.05) is 23.3 Å². The van der Waals surface area contributed by atoms with Crippen molar-refractivity contribution in [3.8, 4) is 0 Å². The lowest BCUT2D eigenvalue weighted by atomic mass is 9.85. The van der Waals surface area contributed by atoms with Crippen molar-refractivity contribution >= 4 is 29.2 Å². The molecule has 1 saturated heterocycles. The molecule has 9 nitrogen and oxygen atoms in total. The van der Waals surface area contributed by atoms with E-state index in [2.05, 4.69) is 0 Å².